The summed E-state index contributed by atoms with van der Waals surface area (Å²) >= 11 is 3.37. The number of anilines is 1. The highest BCUT2D eigenvalue weighted by Gasteiger charge is 2.22. The molecule has 0 bridgehead atoms. The maximum absolute atomic E-state index is 10.9. The van der Waals surface area contributed by atoms with E-state index in [1.807, 2.05) is 23.9 Å². The summed E-state index contributed by atoms with van der Waals surface area (Å²) in [7, 11) is 3.76. The zero-order chi connectivity index (χ0) is 15.4. The van der Waals surface area contributed by atoms with Gasteiger partial charge in [-0.15, -0.1) is 0 Å². The largest absolute Gasteiger partial charge is 0.465 e. The molecule has 9 heteroatoms. The first kappa shape index (κ1) is 15.5. The Morgan fingerprint density at radius 2 is 2.10 bits per heavy atom. The van der Waals surface area contributed by atoms with Gasteiger partial charge >= 0.3 is 6.09 Å². The molecule has 2 rings (SSSR count). The maximum Gasteiger partial charge on any atom is 0.407 e. The first-order valence-electron chi connectivity index (χ1n) is 6.43. The van der Waals surface area contributed by atoms with E-state index in [-0.39, 0.29) is 0 Å². The number of rotatable bonds is 3. The minimum Gasteiger partial charge on any atom is -0.465 e. The quantitative estimate of drug-likeness (QED) is 0.648. The molecule has 1 aromatic heterocycles. The summed E-state index contributed by atoms with van der Waals surface area (Å²) in [6.07, 6.45) is 2.44. The molecule has 0 atom stereocenters. The maximum atomic E-state index is 10.9. The Morgan fingerprint density at radius 1 is 1.43 bits per heavy atom. The third-order valence-corrected chi connectivity index (χ3v) is 3.52. The van der Waals surface area contributed by atoms with E-state index in [1.165, 1.54) is 4.90 Å². The number of carboxylic acid groups (broad SMARTS) is 1. The van der Waals surface area contributed by atoms with Gasteiger partial charge < -0.3 is 19.8 Å². The second-order valence-electron chi connectivity index (χ2n) is 4.81. The zero-order valence-electron chi connectivity index (χ0n) is 11.9. The standard InChI is InChI=1S/C12H17BrN6O2/c1-17(2)8-15-10-9(13)7-14-11(16-10)18-3-5-19(6-4-18)12(20)21/h7-8H,3-6H2,1-2H3,(H,20,21)/b15-8+. The van der Waals surface area contributed by atoms with Crippen LogP contribution >= 0.6 is 15.9 Å². The molecule has 1 aliphatic rings. The summed E-state index contributed by atoms with van der Waals surface area (Å²) in [6.45, 7) is 2.05. The van der Waals surface area contributed by atoms with Gasteiger partial charge in [-0.25, -0.2) is 14.8 Å². The van der Waals surface area contributed by atoms with E-state index in [0.717, 1.165) is 0 Å². The molecule has 1 fully saturated rings. The molecule has 0 aromatic carbocycles. The molecule has 0 unspecified atom stereocenters. The van der Waals surface area contributed by atoms with Crippen LogP contribution in [0.25, 0.3) is 0 Å². The van der Waals surface area contributed by atoms with Gasteiger partial charge in [0.2, 0.25) is 5.95 Å². The van der Waals surface area contributed by atoms with Gasteiger partial charge in [0.15, 0.2) is 5.82 Å². The fraction of sp³-hybridized carbons (Fsp3) is 0.500. The van der Waals surface area contributed by atoms with Crippen molar-refractivity contribution in [3.63, 3.8) is 0 Å². The van der Waals surface area contributed by atoms with Crippen molar-refractivity contribution < 1.29 is 9.90 Å². The molecule has 0 spiro atoms. The second kappa shape index (κ2) is 6.70. The number of nitrogens with zero attached hydrogens (tertiary/aromatic N) is 6. The number of piperazine rings is 1. The van der Waals surface area contributed by atoms with E-state index in [4.69, 9.17) is 5.11 Å². The molecule has 1 saturated heterocycles. The number of carbonyl (C=O) groups is 1. The Morgan fingerprint density at radius 3 is 2.67 bits per heavy atom. The minimum atomic E-state index is -0.886. The molecule has 0 aliphatic carbocycles. The summed E-state index contributed by atoms with van der Waals surface area (Å²) in [6, 6.07) is 0. The second-order valence-corrected chi connectivity index (χ2v) is 5.66. The van der Waals surface area contributed by atoms with Gasteiger partial charge in [-0.3, -0.25) is 0 Å². The molecule has 1 amide bonds. The molecule has 0 saturated carbocycles. The van der Waals surface area contributed by atoms with Crippen LogP contribution in [-0.2, 0) is 0 Å². The van der Waals surface area contributed by atoms with Gasteiger partial charge in [0.05, 0.1) is 10.8 Å². The van der Waals surface area contributed by atoms with Crippen LogP contribution in [-0.4, -0.2) is 77.6 Å². The first-order valence-corrected chi connectivity index (χ1v) is 7.22. The summed E-state index contributed by atoms with van der Waals surface area (Å²) in [5.41, 5.74) is 0. The third kappa shape index (κ3) is 4.03. The van der Waals surface area contributed by atoms with Gasteiger partial charge in [0.1, 0.15) is 0 Å². The van der Waals surface area contributed by atoms with Crippen LogP contribution in [0, 0.1) is 0 Å². The monoisotopic (exact) mass is 356 g/mol. The molecule has 8 nitrogen and oxygen atoms in total. The lowest BCUT2D eigenvalue weighted by Crippen LogP contribution is -2.48. The van der Waals surface area contributed by atoms with Crippen LogP contribution in [0.4, 0.5) is 16.6 Å². The average molecular weight is 357 g/mol. The van der Waals surface area contributed by atoms with Gasteiger partial charge in [-0.2, -0.15) is 4.98 Å². The smallest absolute Gasteiger partial charge is 0.407 e. The van der Waals surface area contributed by atoms with Crippen molar-refractivity contribution in [1.29, 1.82) is 0 Å². The topological polar surface area (TPSA) is 85.2 Å². The van der Waals surface area contributed by atoms with Crippen LogP contribution in [0.2, 0.25) is 0 Å². The highest BCUT2D eigenvalue weighted by Crippen LogP contribution is 2.24. The number of amides is 1. The molecule has 1 aliphatic heterocycles. The van der Waals surface area contributed by atoms with Crippen molar-refractivity contribution in [2.75, 3.05) is 45.2 Å². The number of hydrogen-bond donors (Lipinski definition) is 1. The molecular formula is C12H17BrN6O2. The van der Waals surface area contributed by atoms with Crippen molar-refractivity contribution in [1.82, 2.24) is 19.8 Å². The fourth-order valence-corrected chi connectivity index (χ4v) is 2.15. The normalized spacial score (nSPS) is 15.6. The SMILES string of the molecule is CN(C)/C=N/c1nc(N2CCN(C(=O)O)CC2)ncc1Br. The Kier molecular flexibility index (Phi) is 4.94. The molecule has 2 heterocycles. The fourth-order valence-electron chi connectivity index (χ4n) is 1.86. The van der Waals surface area contributed by atoms with E-state index >= 15 is 0 Å². The van der Waals surface area contributed by atoms with E-state index in [0.29, 0.717) is 42.4 Å². The third-order valence-electron chi connectivity index (χ3n) is 2.96. The average Bonchev–Trinajstić information content (AvgIpc) is 2.46. The summed E-state index contributed by atoms with van der Waals surface area (Å²) in [5.74, 6) is 1.11. The van der Waals surface area contributed by atoms with Gasteiger partial charge in [-0.1, -0.05) is 0 Å². The highest BCUT2D eigenvalue weighted by atomic mass is 79.9. The molecule has 21 heavy (non-hydrogen) atoms. The molecule has 1 N–H and O–H groups in total. The van der Waals surface area contributed by atoms with Crippen LogP contribution in [0.3, 0.4) is 0 Å². The van der Waals surface area contributed by atoms with Crippen LogP contribution in [0.1, 0.15) is 0 Å². The Hall–Kier alpha value is -1.90. The van der Waals surface area contributed by atoms with Gasteiger partial charge in [0.25, 0.3) is 0 Å². The predicted molar refractivity (Wildman–Crippen MR) is 83.4 cm³/mol. The van der Waals surface area contributed by atoms with Gasteiger partial charge in [0, 0.05) is 46.5 Å². The van der Waals surface area contributed by atoms with E-state index < -0.39 is 6.09 Å². The molecular weight excluding hydrogens is 340 g/mol. The van der Waals surface area contributed by atoms with Gasteiger partial charge in [-0.05, 0) is 15.9 Å². The van der Waals surface area contributed by atoms with Crippen molar-refractivity contribution in [2.45, 2.75) is 0 Å². The highest BCUT2D eigenvalue weighted by molar-refractivity contribution is 9.10. The summed E-state index contributed by atoms with van der Waals surface area (Å²) < 4.78 is 0.716. The Balaban J connectivity index is 2.11. The van der Waals surface area contributed by atoms with Crippen LogP contribution < -0.4 is 4.90 Å². The summed E-state index contributed by atoms with van der Waals surface area (Å²) in [4.78, 5) is 29.0. The molecule has 0 radical (unpaired) electrons. The number of aromatic nitrogens is 2. The molecule has 114 valence electrons. The Bertz CT molecular complexity index is 543. The predicted octanol–water partition coefficient (Wildman–Crippen LogP) is 1.26. The number of aliphatic imine (C=N–C) groups is 1. The number of hydrogen-bond acceptors (Lipinski definition) is 5. The van der Waals surface area contributed by atoms with Crippen LogP contribution in [0.15, 0.2) is 15.7 Å². The summed E-state index contributed by atoms with van der Waals surface area (Å²) in [5, 5.41) is 8.94. The van der Waals surface area contributed by atoms with Crippen molar-refractivity contribution in [3.05, 3.63) is 10.7 Å². The van der Waals surface area contributed by atoms with E-state index in [9.17, 15) is 4.79 Å². The van der Waals surface area contributed by atoms with Crippen molar-refractivity contribution in [2.24, 2.45) is 4.99 Å². The van der Waals surface area contributed by atoms with Crippen molar-refractivity contribution in [3.8, 4) is 0 Å². The Labute approximate surface area is 131 Å². The van der Waals surface area contributed by atoms with Crippen molar-refractivity contribution >= 4 is 40.1 Å². The zero-order valence-corrected chi connectivity index (χ0v) is 13.5. The lowest BCUT2D eigenvalue weighted by molar-refractivity contribution is 0.142. The minimum absolute atomic E-state index is 0.449. The first-order chi connectivity index (χ1) is 9.97. The van der Waals surface area contributed by atoms with E-state index in [1.54, 1.807) is 12.5 Å². The lowest BCUT2D eigenvalue weighted by Gasteiger charge is -2.33. The van der Waals surface area contributed by atoms with Crippen LogP contribution in [0.5, 0.6) is 0 Å². The number of halogens is 1. The van der Waals surface area contributed by atoms with E-state index in [2.05, 4.69) is 30.9 Å². The molecule has 1 aromatic rings. The lowest BCUT2D eigenvalue weighted by atomic mass is 10.3.